The van der Waals surface area contributed by atoms with Gasteiger partial charge in [0.2, 0.25) is 4.63 Å². The van der Waals surface area contributed by atoms with E-state index in [-0.39, 0.29) is 0 Å². The highest BCUT2D eigenvalue weighted by Gasteiger charge is 1.99. The minimum absolute atomic E-state index is 0.625. The number of halogens is 3. The Balaban J connectivity index is 4.36. The molecule has 0 aliphatic heterocycles. The Bertz CT molecular complexity index is 189. The first-order valence-electron chi connectivity index (χ1n) is 1.27. The zero-order valence-corrected chi connectivity index (χ0v) is 6.39. The molecule has 0 aromatic carbocycles. The average molecular weight is 196 g/mol. The molecular formula is CCl3NO2S. The molecule has 0 aromatic heterocycles. The second-order valence-electron chi connectivity index (χ2n) is 0.744. The number of nitrogens with zero attached hydrogens (tertiary/aromatic N) is 1. The zero-order valence-electron chi connectivity index (χ0n) is 3.31. The molecule has 0 unspecified atom stereocenters. The van der Waals surface area contributed by atoms with E-state index in [1.807, 2.05) is 0 Å². The molecule has 0 amide bonds. The van der Waals surface area contributed by atoms with Crippen LogP contribution < -0.4 is 0 Å². The Morgan fingerprint density at radius 1 is 1.38 bits per heavy atom. The number of rotatable bonds is 1. The summed E-state index contributed by atoms with van der Waals surface area (Å²) in [6.07, 6.45) is 0. The molecule has 0 fully saturated rings. The molecule has 7 heteroatoms. The van der Waals surface area contributed by atoms with Crippen molar-refractivity contribution in [3.8, 4) is 0 Å². The Morgan fingerprint density at radius 3 is 1.75 bits per heavy atom. The summed E-state index contributed by atoms with van der Waals surface area (Å²) in [5.41, 5.74) is 0. The minimum Gasteiger partial charge on any atom is -0.187 e. The maximum Gasteiger partial charge on any atom is 0.342 e. The van der Waals surface area contributed by atoms with Crippen LogP contribution in [0.2, 0.25) is 0 Å². The van der Waals surface area contributed by atoms with Crippen molar-refractivity contribution in [1.82, 2.24) is 0 Å². The van der Waals surface area contributed by atoms with Crippen LogP contribution >= 0.6 is 33.9 Å². The summed E-state index contributed by atoms with van der Waals surface area (Å²) >= 11 is 9.63. The third-order valence-corrected chi connectivity index (χ3v) is 1.16. The van der Waals surface area contributed by atoms with E-state index in [1.54, 1.807) is 0 Å². The fourth-order valence-corrected chi connectivity index (χ4v) is 1.21. The average Bonchev–Trinajstić information content (AvgIpc) is 1.21. The van der Waals surface area contributed by atoms with Crippen molar-refractivity contribution in [2.24, 2.45) is 4.40 Å². The van der Waals surface area contributed by atoms with Crippen LogP contribution in [0.5, 0.6) is 0 Å². The van der Waals surface area contributed by atoms with Gasteiger partial charge in [-0.3, -0.25) is 0 Å². The largest absolute Gasteiger partial charge is 0.342 e. The van der Waals surface area contributed by atoms with Crippen molar-refractivity contribution < 1.29 is 8.42 Å². The van der Waals surface area contributed by atoms with Crippen LogP contribution in [-0.2, 0) is 9.24 Å². The van der Waals surface area contributed by atoms with Gasteiger partial charge in [0.05, 0.1) is 0 Å². The summed E-state index contributed by atoms with van der Waals surface area (Å²) in [6.45, 7) is 0. The van der Waals surface area contributed by atoms with Gasteiger partial charge in [0.15, 0.2) is 0 Å². The fraction of sp³-hybridized carbons (Fsp3) is 0. The highest BCUT2D eigenvalue weighted by atomic mass is 35.7. The predicted octanol–water partition coefficient (Wildman–Crippen LogP) is 1.30. The Labute approximate surface area is 60.8 Å². The molecular weight excluding hydrogens is 196 g/mol. The van der Waals surface area contributed by atoms with Crippen molar-refractivity contribution in [3.63, 3.8) is 0 Å². The summed E-state index contributed by atoms with van der Waals surface area (Å²) in [5.74, 6) is 0. The van der Waals surface area contributed by atoms with E-state index in [0.29, 0.717) is 0 Å². The number of hydrogen-bond donors (Lipinski definition) is 0. The zero-order chi connectivity index (χ0) is 6.78. The Hall–Kier alpha value is 0.490. The molecule has 0 heterocycles. The van der Waals surface area contributed by atoms with E-state index in [2.05, 4.69) is 15.1 Å². The lowest BCUT2D eigenvalue weighted by molar-refractivity contribution is 0.611. The van der Waals surface area contributed by atoms with Crippen LogP contribution in [0.15, 0.2) is 4.40 Å². The normalized spacial score (nSPS) is 10.9. The number of hydrogen-bond acceptors (Lipinski definition) is 2. The van der Waals surface area contributed by atoms with Crippen molar-refractivity contribution in [2.45, 2.75) is 0 Å². The van der Waals surface area contributed by atoms with Gasteiger partial charge in [-0.1, -0.05) is 0 Å². The molecule has 0 saturated carbocycles. The molecule has 0 bridgehead atoms. The molecule has 0 aliphatic rings. The second kappa shape index (κ2) is 2.87. The quantitative estimate of drug-likeness (QED) is 0.469. The van der Waals surface area contributed by atoms with Crippen LogP contribution in [0.4, 0.5) is 0 Å². The van der Waals surface area contributed by atoms with Crippen LogP contribution in [0.1, 0.15) is 0 Å². The third kappa shape index (κ3) is 6.49. The first-order chi connectivity index (χ1) is 3.42. The maximum absolute atomic E-state index is 9.85. The van der Waals surface area contributed by atoms with Crippen LogP contribution in [0, 0.1) is 0 Å². The molecule has 0 radical (unpaired) electrons. The fourth-order valence-electron chi connectivity index (χ4n) is 0.0824. The third-order valence-electron chi connectivity index (χ3n) is 0.178. The van der Waals surface area contributed by atoms with Crippen LogP contribution in [-0.4, -0.2) is 13.0 Å². The van der Waals surface area contributed by atoms with E-state index in [4.69, 9.17) is 23.2 Å². The van der Waals surface area contributed by atoms with Gasteiger partial charge in [-0.05, 0) is 23.2 Å². The monoisotopic (exact) mass is 195 g/mol. The summed E-state index contributed by atoms with van der Waals surface area (Å²) in [6, 6.07) is 0. The molecule has 0 atom stereocenters. The van der Waals surface area contributed by atoms with Gasteiger partial charge in [0.1, 0.15) is 0 Å². The summed E-state index contributed by atoms with van der Waals surface area (Å²) in [4.78, 5) is 0. The van der Waals surface area contributed by atoms with E-state index >= 15 is 0 Å². The molecule has 0 aliphatic carbocycles. The van der Waals surface area contributed by atoms with Gasteiger partial charge in [-0.25, -0.2) is 0 Å². The molecule has 3 nitrogen and oxygen atoms in total. The first-order valence-corrected chi connectivity index (χ1v) is 4.29. The summed E-state index contributed by atoms with van der Waals surface area (Å²) in [7, 11) is 0.617. The first kappa shape index (κ1) is 8.49. The van der Waals surface area contributed by atoms with Crippen molar-refractivity contribution in [3.05, 3.63) is 0 Å². The van der Waals surface area contributed by atoms with E-state index in [0.717, 1.165) is 0 Å². The van der Waals surface area contributed by atoms with Gasteiger partial charge in [0, 0.05) is 10.7 Å². The van der Waals surface area contributed by atoms with E-state index in [1.165, 1.54) is 0 Å². The molecule has 0 rings (SSSR count). The lowest BCUT2D eigenvalue weighted by Crippen LogP contribution is -1.82. The van der Waals surface area contributed by atoms with Gasteiger partial charge in [-0.2, -0.15) is 8.42 Å². The summed E-state index contributed by atoms with van der Waals surface area (Å²) < 4.78 is 21.7. The van der Waals surface area contributed by atoms with Crippen molar-refractivity contribution in [2.75, 3.05) is 0 Å². The maximum atomic E-state index is 9.85. The summed E-state index contributed by atoms with van der Waals surface area (Å²) in [5, 5.41) is 0. The standard InChI is InChI=1S/CCl3NO2S/c2-1(3)5-8(4,6)7. The van der Waals surface area contributed by atoms with E-state index < -0.39 is 13.9 Å². The van der Waals surface area contributed by atoms with Crippen LogP contribution in [0.25, 0.3) is 0 Å². The lowest BCUT2D eigenvalue weighted by atomic mass is 11.7. The smallest absolute Gasteiger partial charge is 0.187 e. The highest BCUT2D eigenvalue weighted by Crippen LogP contribution is 2.02. The van der Waals surface area contributed by atoms with Gasteiger partial charge >= 0.3 is 9.24 Å². The minimum atomic E-state index is -3.93. The van der Waals surface area contributed by atoms with Gasteiger partial charge < -0.3 is 0 Å². The molecule has 0 spiro atoms. The van der Waals surface area contributed by atoms with Gasteiger partial charge in [-0.15, -0.1) is 4.40 Å². The highest BCUT2D eigenvalue weighted by molar-refractivity contribution is 8.12. The topological polar surface area (TPSA) is 46.5 Å². The van der Waals surface area contributed by atoms with Crippen molar-refractivity contribution >= 4 is 47.8 Å². The van der Waals surface area contributed by atoms with E-state index in [9.17, 15) is 8.42 Å². The van der Waals surface area contributed by atoms with Crippen LogP contribution in [0.3, 0.4) is 0 Å². The molecule has 8 heavy (non-hydrogen) atoms. The SMILES string of the molecule is O=S(=O)(Cl)N=C(Cl)Cl. The van der Waals surface area contributed by atoms with Crippen molar-refractivity contribution in [1.29, 1.82) is 0 Å². The second-order valence-corrected chi connectivity index (χ2v) is 3.83. The Kier molecular flexibility index (Phi) is 3.04. The Morgan fingerprint density at radius 2 is 1.75 bits per heavy atom. The molecule has 48 valence electrons. The predicted molar refractivity (Wildman–Crippen MR) is 33.9 cm³/mol. The van der Waals surface area contributed by atoms with Gasteiger partial charge in [0.25, 0.3) is 0 Å². The lowest BCUT2D eigenvalue weighted by Gasteiger charge is -1.78. The molecule has 0 N–H and O–H groups in total. The molecule has 0 saturated heterocycles. The molecule has 0 aromatic rings.